The van der Waals surface area contributed by atoms with Crippen LogP contribution < -0.4 is 10.1 Å². The smallest absolute Gasteiger partial charge is 0.318 e. The van der Waals surface area contributed by atoms with Gasteiger partial charge < -0.3 is 19.9 Å². The van der Waals surface area contributed by atoms with E-state index in [1.807, 2.05) is 48.2 Å². The Balaban J connectivity index is 1.88. The van der Waals surface area contributed by atoms with E-state index in [0.29, 0.717) is 16.6 Å². The van der Waals surface area contributed by atoms with Crippen LogP contribution in [0.4, 0.5) is 4.79 Å². The van der Waals surface area contributed by atoms with Gasteiger partial charge in [-0.05, 0) is 61.7 Å². The van der Waals surface area contributed by atoms with Crippen molar-refractivity contribution in [2.24, 2.45) is 5.41 Å². The molecule has 0 radical (unpaired) electrons. The molecular weight excluding hydrogens is 445 g/mol. The fourth-order valence-corrected chi connectivity index (χ4v) is 5.15. The average Bonchev–Trinajstić information content (AvgIpc) is 2.73. The highest BCUT2D eigenvalue weighted by atomic mass is 35.5. The second-order valence-corrected chi connectivity index (χ2v) is 10.1. The number of likely N-dealkylation sites (tertiary alicyclic amines) is 1. The SMILES string of the molecule is COc1cccc(CN(C(=O)NC(C)c2cccc(Cl)c2Cl)C2CCN(C)CC2(C)C)c1. The first-order chi connectivity index (χ1) is 15.1. The first-order valence-corrected chi connectivity index (χ1v) is 11.7. The lowest BCUT2D eigenvalue weighted by atomic mass is 9.78. The third-order valence-electron chi connectivity index (χ3n) is 6.28. The van der Waals surface area contributed by atoms with Crippen LogP contribution in [0.5, 0.6) is 5.75 Å². The minimum Gasteiger partial charge on any atom is -0.497 e. The average molecular weight is 478 g/mol. The van der Waals surface area contributed by atoms with Crippen LogP contribution in [-0.2, 0) is 6.54 Å². The van der Waals surface area contributed by atoms with Gasteiger partial charge in [-0.25, -0.2) is 4.79 Å². The van der Waals surface area contributed by atoms with Crippen LogP contribution in [0.25, 0.3) is 0 Å². The van der Waals surface area contributed by atoms with Crippen molar-refractivity contribution in [1.82, 2.24) is 15.1 Å². The van der Waals surface area contributed by atoms with Gasteiger partial charge in [0.25, 0.3) is 0 Å². The second-order valence-electron chi connectivity index (χ2n) is 9.32. The fraction of sp³-hybridized carbons (Fsp3) is 0.480. The minimum absolute atomic E-state index is 0.0554. The molecule has 2 atom stereocenters. The molecular formula is C25H33Cl2N3O2. The Morgan fingerprint density at radius 2 is 2.00 bits per heavy atom. The van der Waals surface area contributed by atoms with E-state index in [1.165, 1.54) is 0 Å². The van der Waals surface area contributed by atoms with Crippen LogP contribution in [0.15, 0.2) is 42.5 Å². The summed E-state index contributed by atoms with van der Waals surface area (Å²) in [5.41, 5.74) is 1.78. The van der Waals surface area contributed by atoms with Crippen molar-refractivity contribution in [1.29, 1.82) is 0 Å². The van der Waals surface area contributed by atoms with Gasteiger partial charge in [0.1, 0.15) is 5.75 Å². The molecule has 1 fully saturated rings. The lowest BCUT2D eigenvalue weighted by Gasteiger charge is -2.48. The molecule has 0 aromatic heterocycles. The van der Waals surface area contributed by atoms with Gasteiger partial charge in [-0.3, -0.25) is 0 Å². The summed E-state index contributed by atoms with van der Waals surface area (Å²) in [4.78, 5) is 17.9. The number of benzene rings is 2. The van der Waals surface area contributed by atoms with E-state index in [2.05, 4.69) is 31.1 Å². The van der Waals surface area contributed by atoms with Crippen LogP contribution in [0, 0.1) is 5.41 Å². The second kappa shape index (κ2) is 10.3. The Morgan fingerprint density at radius 3 is 2.69 bits per heavy atom. The third kappa shape index (κ3) is 5.69. The quantitative estimate of drug-likeness (QED) is 0.554. The van der Waals surface area contributed by atoms with Gasteiger partial charge in [-0.2, -0.15) is 0 Å². The number of rotatable bonds is 6. The molecule has 1 heterocycles. The maximum absolute atomic E-state index is 13.6. The van der Waals surface area contributed by atoms with Crippen LogP contribution in [0.2, 0.25) is 10.0 Å². The molecule has 174 valence electrons. The van der Waals surface area contributed by atoms with Crippen LogP contribution >= 0.6 is 23.2 Å². The zero-order valence-electron chi connectivity index (χ0n) is 19.5. The summed E-state index contributed by atoms with van der Waals surface area (Å²) >= 11 is 12.6. The molecule has 0 saturated carbocycles. The number of urea groups is 1. The Kier molecular flexibility index (Phi) is 7.97. The molecule has 2 amide bonds. The van der Waals surface area contributed by atoms with Crippen molar-refractivity contribution in [3.8, 4) is 5.75 Å². The highest BCUT2D eigenvalue weighted by molar-refractivity contribution is 6.42. The van der Waals surface area contributed by atoms with Gasteiger partial charge in [-0.1, -0.05) is 61.3 Å². The van der Waals surface area contributed by atoms with Gasteiger partial charge >= 0.3 is 6.03 Å². The van der Waals surface area contributed by atoms with Crippen molar-refractivity contribution in [3.63, 3.8) is 0 Å². The number of halogens is 2. The largest absolute Gasteiger partial charge is 0.497 e. The summed E-state index contributed by atoms with van der Waals surface area (Å²) in [5, 5.41) is 4.11. The number of amides is 2. The van der Waals surface area contributed by atoms with Crippen molar-refractivity contribution in [2.75, 3.05) is 27.2 Å². The molecule has 7 heteroatoms. The van der Waals surface area contributed by atoms with E-state index < -0.39 is 0 Å². The summed E-state index contributed by atoms with van der Waals surface area (Å²) in [5.74, 6) is 0.782. The molecule has 0 bridgehead atoms. The zero-order chi connectivity index (χ0) is 23.5. The van der Waals surface area contributed by atoms with E-state index >= 15 is 0 Å². The molecule has 0 spiro atoms. The zero-order valence-corrected chi connectivity index (χ0v) is 21.0. The monoisotopic (exact) mass is 477 g/mol. The van der Waals surface area contributed by atoms with Gasteiger partial charge in [0.2, 0.25) is 0 Å². The number of piperidine rings is 1. The summed E-state index contributed by atoms with van der Waals surface area (Å²) in [6, 6.07) is 13.1. The minimum atomic E-state index is -0.282. The van der Waals surface area contributed by atoms with Crippen LogP contribution in [-0.4, -0.2) is 49.1 Å². The third-order valence-corrected chi connectivity index (χ3v) is 7.11. The summed E-state index contributed by atoms with van der Waals surface area (Å²) < 4.78 is 5.39. The lowest BCUT2D eigenvalue weighted by Crippen LogP contribution is -2.58. The number of hydrogen-bond acceptors (Lipinski definition) is 3. The molecule has 1 saturated heterocycles. The number of ether oxygens (including phenoxy) is 1. The summed E-state index contributed by atoms with van der Waals surface area (Å²) in [6.45, 7) is 8.77. The van der Waals surface area contributed by atoms with Gasteiger partial charge in [0.15, 0.2) is 0 Å². The lowest BCUT2D eigenvalue weighted by molar-refractivity contribution is 0.0300. The molecule has 3 rings (SSSR count). The van der Waals surface area contributed by atoms with E-state index in [4.69, 9.17) is 27.9 Å². The van der Waals surface area contributed by atoms with E-state index in [0.717, 1.165) is 36.4 Å². The van der Waals surface area contributed by atoms with Crippen LogP contribution in [0.3, 0.4) is 0 Å². The predicted octanol–water partition coefficient (Wildman–Crippen LogP) is 6.01. The Bertz CT molecular complexity index is 951. The van der Waals surface area contributed by atoms with E-state index in [9.17, 15) is 4.79 Å². The number of hydrogen-bond donors (Lipinski definition) is 1. The van der Waals surface area contributed by atoms with Gasteiger partial charge in [0.05, 0.1) is 23.2 Å². The van der Waals surface area contributed by atoms with E-state index in [1.54, 1.807) is 13.2 Å². The number of carbonyl (C=O) groups excluding carboxylic acids is 1. The topological polar surface area (TPSA) is 44.8 Å². The van der Waals surface area contributed by atoms with Gasteiger partial charge in [-0.15, -0.1) is 0 Å². The molecule has 1 N–H and O–H groups in total. The molecule has 1 aliphatic heterocycles. The number of nitrogens with zero attached hydrogens (tertiary/aromatic N) is 2. The molecule has 2 aromatic rings. The number of nitrogens with one attached hydrogen (secondary N) is 1. The van der Waals surface area contributed by atoms with E-state index in [-0.39, 0.29) is 23.5 Å². The highest BCUT2D eigenvalue weighted by Crippen LogP contribution is 2.35. The Morgan fingerprint density at radius 1 is 1.28 bits per heavy atom. The molecule has 0 aliphatic carbocycles. The molecule has 32 heavy (non-hydrogen) atoms. The molecule has 2 aromatic carbocycles. The number of carbonyl (C=O) groups is 1. The number of methoxy groups -OCH3 is 1. The fourth-order valence-electron chi connectivity index (χ4n) is 4.68. The summed E-state index contributed by atoms with van der Waals surface area (Å²) in [6.07, 6.45) is 0.910. The molecule has 2 unspecified atom stereocenters. The molecule has 5 nitrogen and oxygen atoms in total. The Labute approximate surface area is 201 Å². The predicted molar refractivity (Wildman–Crippen MR) is 132 cm³/mol. The summed E-state index contributed by atoms with van der Waals surface area (Å²) in [7, 11) is 3.79. The first kappa shape index (κ1) is 24.7. The van der Waals surface area contributed by atoms with Crippen molar-refractivity contribution < 1.29 is 9.53 Å². The standard InChI is InChI=1S/C25H33Cl2N3O2/c1-17(20-10-7-11-21(26)23(20)27)28-24(31)30(15-18-8-6-9-19(14-18)32-5)22-12-13-29(4)16-25(22,2)3/h6-11,14,17,22H,12-13,15-16H2,1-5H3,(H,28,31). The van der Waals surface area contributed by atoms with Crippen molar-refractivity contribution in [2.45, 2.75) is 45.8 Å². The first-order valence-electron chi connectivity index (χ1n) is 10.9. The van der Waals surface area contributed by atoms with Crippen LogP contribution in [0.1, 0.15) is 44.4 Å². The van der Waals surface area contributed by atoms with Crippen molar-refractivity contribution >= 4 is 29.2 Å². The van der Waals surface area contributed by atoms with Crippen molar-refractivity contribution in [3.05, 3.63) is 63.6 Å². The maximum Gasteiger partial charge on any atom is 0.318 e. The Hall–Kier alpha value is -1.95. The highest BCUT2D eigenvalue weighted by Gasteiger charge is 2.40. The normalized spacial score (nSPS) is 19.3. The van der Waals surface area contributed by atoms with Gasteiger partial charge in [0, 0.05) is 19.1 Å². The maximum atomic E-state index is 13.6. The molecule has 1 aliphatic rings.